The summed E-state index contributed by atoms with van der Waals surface area (Å²) in [6.45, 7) is 1.65. The van der Waals surface area contributed by atoms with Crippen LogP contribution in [-0.4, -0.2) is 13.1 Å². The minimum Gasteiger partial charge on any atom is -0.359 e. The van der Waals surface area contributed by atoms with Gasteiger partial charge in [0.25, 0.3) is 0 Å². The highest BCUT2D eigenvalue weighted by molar-refractivity contribution is 5.85. The third-order valence-electron chi connectivity index (χ3n) is 3.33. The molecule has 20 heavy (non-hydrogen) atoms. The molecule has 0 saturated heterocycles. The maximum Gasteiger partial charge on any atom is 0.0798 e. The second-order valence-corrected chi connectivity index (χ2v) is 4.68. The summed E-state index contributed by atoms with van der Waals surface area (Å²) in [5, 5.41) is 2.53. The van der Waals surface area contributed by atoms with Gasteiger partial charge in [0.15, 0.2) is 0 Å². The quantitative estimate of drug-likeness (QED) is 0.705. The van der Waals surface area contributed by atoms with Crippen LogP contribution in [0.15, 0.2) is 54.6 Å². The van der Waals surface area contributed by atoms with Crippen LogP contribution in [0.4, 0.5) is 5.69 Å². The average Bonchev–Trinajstić information content (AvgIpc) is 2.52. The van der Waals surface area contributed by atoms with Crippen molar-refractivity contribution in [2.45, 2.75) is 6.42 Å². The Bertz CT molecular complexity index is 763. The Balaban J connectivity index is 1.92. The van der Waals surface area contributed by atoms with Gasteiger partial charge >= 0.3 is 0 Å². The second-order valence-electron chi connectivity index (χ2n) is 4.68. The fourth-order valence-electron chi connectivity index (χ4n) is 2.28. The lowest BCUT2D eigenvalue weighted by Gasteiger charge is -2.22. The predicted molar refractivity (Wildman–Crippen MR) is 85.5 cm³/mol. The number of hydrogen-bond donors (Lipinski definition) is 0. The summed E-state index contributed by atoms with van der Waals surface area (Å²) in [7, 11) is 0. The van der Waals surface area contributed by atoms with Crippen LogP contribution >= 0.6 is 0 Å². The van der Waals surface area contributed by atoms with Crippen molar-refractivity contribution in [3.63, 3.8) is 0 Å². The van der Waals surface area contributed by atoms with Crippen molar-refractivity contribution in [3.8, 4) is 23.7 Å². The lowest BCUT2D eigenvalue weighted by molar-refractivity contribution is 0.873. The Morgan fingerprint density at radius 3 is 2.55 bits per heavy atom. The van der Waals surface area contributed by atoms with E-state index in [2.05, 4.69) is 71.0 Å². The third-order valence-corrected chi connectivity index (χ3v) is 3.33. The molecule has 2 aromatic carbocycles. The molecule has 1 nitrogen and oxygen atoms in total. The summed E-state index contributed by atoms with van der Waals surface area (Å²) >= 11 is 0. The van der Waals surface area contributed by atoms with Crippen LogP contribution in [0.25, 0.3) is 10.8 Å². The van der Waals surface area contributed by atoms with Gasteiger partial charge in [-0.1, -0.05) is 54.0 Å². The highest BCUT2D eigenvalue weighted by atomic mass is 15.1. The standard InChI is InChI=1S/C19H15N/c1-2-4-8-14-20(15-9-5-3-1)19-13-12-17-10-6-7-11-18(17)16-19/h1-2,6-7,10-13,16H,9,14-15H2/b2-1-. The van der Waals surface area contributed by atoms with Crippen molar-refractivity contribution in [3.05, 3.63) is 54.6 Å². The molecule has 2 aromatic rings. The first-order chi connectivity index (χ1) is 9.93. The molecule has 0 spiro atoms. The van der Waals surface area contributed by atoms with Gasteiger partial charge in [0.2, 0.25) is 0 Å². The van der Waals surface area contributed by atoms with E-state index in [9.17, 15) is 0 Å². The van der Waals surface area contributed by atoms with Gasteiger partial charge in [0.05, 0.1) is 6.54 Å². The largest absolute Gasteiger partial charge is 0.359 e. The molecule has 0 bridgehead atoms. The van der Waals surface area contributed by atoms with Crippen LogP contribution < -0.4 is 4.90 Å². The molecule has 0 amide bonds. The fourth-order valence-corrected chi connectivity index (χ4v) is 2.28. The molecule has 0 atom stereocenters. The first-order valence-electron chi connectivity index (χ1n) is 6.79. The van der Waals surface area contributed by atoms with Crippen LogP contribution in [0.3, 0.4) is 0 Å². The van der Waals surface area contributed by atoms with E-state index in [1.165, 1.54) is 16.5 Å². The van der Waals surface area contributed by atoms with E-state index in [0.717, 1.165) is 19.5 Å². The number of benzene rings is 2. The van der Waals surface area contributed by atoms with Gasteiger partial charge in [-0.2, -0.15) is 0 Å². The summed E-state index contributed by atoms with van der Waals surface area (Å²) in [5.74, 6) is 12.3. The molecular weight excluding hydrogens is 242 g/mol. The SMILES string of the molecule is C1#CCCN(c2ccc3ccccc3c2)CC#C/C=C\1. The van der Waals surface area contributed by atoms with Gasteiger partial charge in [-0.05, 0) is 35.1 Å². The highest BCUT2D eigenvalue weighted by Gasteiger charge is 2.05. The lowest BCUT2D eigenvalue weighted by Crippen LogP contribution is -2.24. The molecule has 1 heteroatoms. The van der Waals surface area contributed by atoms with E-state index in [0.29, 0.717) is 0 Å². The second kappa shape index (κ2) is 6.00. The van der Waals surface area contributed by atoms with E-state index in [4.69, 9.17) is 0 Å². The molecule has 0 fully saturated rings. The number of nitrogens with zero attached hydrogens (tertiary/aromatic N) is 1. The maximum absolute atomic E-state index is 3.17. The molecule has 1 aliphatic rings. The molecule has 0 saturated carbocycles. The molecule has 3 rings (SSSR count). The van der Waals surface area contributed by atoms with Crippen molar-refractivity contribution in [2.75, 3.05) is 18.0 Å². The van der Waals surface area contributed by atoms with Gasteiger partial charge in [0.1, 0.15) is 0 Å². The predicted octanol–water partition coefficient (Wildman–Crippen LogP) is 3.61. The molecule has 0 aromatic heterocycles. The van der Waals surface area contributed by atoms with Crippen LogP contribution in [0.2, 0.25) is 0 Å². The van der Waals surface area contributed by atoms with Crippen molar-refractivity contribution in [1.82, 2.24) is 0 Å². The monoisotopic (exact) mass is 257 g/mol. The third kappa shape index (κ3) is 2.85. The van der Waals surface area contributed by atoms with E-state index in [1.54, 1.807) is 0 Å². The Morgan fingerprint density at radius 1 is 0.850 bits per heavy atom. The molecular formula is C19H15N. The summed E-state index contributed by atoms with van der Waals surface area (Å²) in [5.41, 5.74) is 1.21. The minimum absolute atomic E-state index is 0.740. The van der Waals surface area contributed by atoms with E-state index in [1.807, 2.05) is 12.2 Å². The zero-order chi connectivity index (χ0) is 13.6. The Hall–Kier alpha value is -2.64. The summed E-state index contributed by atoms with van der Waals surface area (Å²) in [6.07, 6.45) is 4.49. The fraction of sp³-hybridized carbons (Fsp3) is 0.158. The van der Waals surface area contributed by atoms with Gasteiger partial charge in [0, 0.05) is 18.7 Å². The maximum atomic E-state index is 3.17. The summed E-state index contributed by atoms with van der Waals surface area (Å²) in [6, 6.07) is 15.0. The van der Waals surface area contributed by atoms with E-state index >= 15 is 0 Å². The number of anilines is 1. The van der Waals surface area contributed by atoms with Crippen molar-refractivity contribution >= 4 is 16.5 Å². The number of allylic oxidation sites excluding steroid dienone is 2. The van der Waals surface area contributed by atoms with Crippen LogP contribution in [0, 0.1) is 23.7 Å². The topological polar surface area (TPSA) is 3.24 Å². The van der Waals surface area contributed by atoms with Gasteiger partial charge in [-0.3, -0.25) is 0 Å². The Labute approximate surface area is 119 Å². The molecule has 96 valence electrons. The Kier molecular flexibility index (Phi) is 3.72. The van der Waals surface area contributed by atoms with Gasteiger partial charge in [-0.15, -0.1) is 0 Å². The van der Waals surface area contributed by atoms with Gasteiger partial charge < -0.3 is 4.90 Å². The zero-order valence-corrected chi connectivity index (χ0v) is 11.3. The van der Waals surface area contributed by atoms with Crippen molar-refractivity contribution in [2.24, 2.45) is 0 Å². The summed E-state index contributed by atoms with van der Waals surface area (Å²) in [4.78, 5) is 2.28. The molecule has 1 heterocycles. The number of hydrogen-bond acceptors (Lipinski definition) is 1. The molecule has 0 radical (unpaired) electrons. The highest BCUT2D eigenvalue weighted by Crippen LogP contribution is 2.22. The average molecular weight is 257 g/mol. The van der Waals surface area contributed by atoms with Gasteiger partial charge in [-0.25, -0.2) is 0 Å². The number of fused-ring (bicyclic) bond motifs is 1. The molecule has 1 aliphatic heterocycles. The number of rotatable bonds is 1. The smallest absolute Gasteiger partial charge is 0.0798 e. The van der Waals surface area contributed by atoms with E-state index in [-0.39, 0.29) is 0 Å². The van der Waals surface area contributed by atoms with Crippen LogP contribution in [0.5, 0.6) is 0 Å². The lowest BCUT2D eigenvalue weighted by atomic mass is 10.1. The first kappa shape index (κ1) is 12.4. The normalized spacial score (nSPS) is 15.7. The molecule has 0 N–H and O–H groups in total. The van der Waals surface area contributed by atoms with E-state index < -0.39 is 0 Å². The van der Waals surface area contributed by atoms with Crippen LogP contribution in [0.1, 0.15) is 6.42 Å². The minimum atomic E-state index is 0.740. The first-order valence-corrected chi connectivity index (χ1v) is 6.79. The molecule has 0 unspecified atom stereocenters. The Morgan fingerprint density at radius 2 is 1.65 bits per heavy atom. The zero-order valence-electron chi connectivity index (χ0n) is 11.3. The van der Waals surface area contributed by atoms with Crippen LogP contribution in [-0.2, 0) is 0 Å². The summed E-state index contributed by atoms with van der Waals surface area (Å²) < 4.78 is 0. The molecule has 0 aliphatic carbocycles. The van der Waals surface area contributed by atoms with Crippen molar-refractivity contribution < 1.29 is 0 Å². The van der Waals surface area contributed by atoms with Crippen molar-refractivity contribution in [1.29, 1.82) is 0 Å².